The van der Waals surface area contributed by atoms with Gasteiger partial charge in [-0.25, -0.2) is 0 Å². The third-order valence-corrected chi connectivity index (χ3v) is 4.35. The van der Waals surface area contributed by atoms with Crippen LogP contribution in [0.2, 0.25) is 0 Å². The Kier molecular flexibility index (Phi) is 5.30. The zero-order chi connectivity index (χ0) is 12.2. The van der Waals surface area contributed by atoms with Gasteiger partial charge in [-0.2, -0.15) is 0 Å². The highest BCUT2D eigenvalue weighted by molar-refractivity contribution is 4.92. The van der Waals surface area contributed by atoms with E-state index in [9.17, 15) is 5.11 Å². The average Bonchev–Trinajstić information content (AvgIpc) is 2.17. The molecule has 0 aromatic carbocycles. The Balaban J connectivity index is 2.62. The number of rotatable bonds is 5. The van der Waals surface area contributed by atoms with Gasteiger partial charge in [0.15, 0.2) is 0 Å². The van der Waals surface area contributed by atoms with E-state index in [0.717, 1.165) is 12.8 Å². The topological polar surface area (TPSA) is 20.2 Å². The van der Waals surface area contributed by atoms with Crippen LogP contribution in [0, 0.1) is 17.8 Å². The van der Waals surface area contributed by atoms with E-state index < -0.39 is 0 Å². The van der Waals surface area contributed by atoms with E-state index in [-0.39, 0.29) is 5.60 Å². The van der Waals surface area contributed by atoms with Gasteiger partial charge < -0.3 is 5.11 Å². The smallest absolute Gasteiger partial charge is 0.0680 e. The third-order valence-electron chi connectivity index (χ3n) is 4.35. The van der Waals surface area contributed by atoms with E-state index in [1.54, 1.807) is 0 Å². The van der Waals surface area contributed by atoms with Gasteiger partial charge >= 0.3 is 0 Å². The molecule has 1 fully saturated rings. The van der Waals surface area contributed by atoms with Gasteiger partial charge in [0, 0.05) is 0 Å². The van der Waals surface area contributed by atoms with E-state index in [2.05, 4.69) is 27.7 Å². The van der Waals surface area contributed by atoms with Crippen molar-refractivity contribution >= 4 is 0 Å². The molecule has 16 heavy (non-hydrogen) atoms. The van der Waals surface area contributed by atoms with E-state index >= 15 is 0 Å². The number of hydrogen-bond donors (Lipinski definition) is 1. The summed E-state index contributed by atoms with van der Waals surface area (Å²) in [6, 6.07) is 0. The van der Waals surface area contributed by atoms with Crippen molar-refractivity contribution in [2.45, 2.75) is 78.2 Å². The Morgan fingerprint density at radius 3 is 2.50 bits per heavy atom. The molecule has 0 bridgehead atoms. The van der Waals surface area contributed by atoms with Gasteiger partial charge in [0.25, 0.3) is 0 Å². The van der Waals surface area contributed by atoms with Crippen LogP contribution >= 0.6 is 0 Å². The SMILES string of the molecule is CCCC(C)CC1(O)CCCCC1C(C)C. The van der Waals surface area contributed by atoms with Gasteiger partial charge in [0.2, 0.25) is 0 Å². The summed E-state index contributed by atoms with van der Waals surface area (Å²) < 4.78 is 0. The monoisotopic (exact) mass is 226 g/mol. The largest absolute Gasteiger partial charge is 0.390 e. The van der Waals surface area contributed by atoms with Crippen molar-refractivity contribution in [2.75, 3.05) is 0 Å². The second-order valence-corrected chi connectivity index (χ2v) is 6.30. The Morgan fingerprint density at radius 2 is 1.94 bits per heavy atom. The molecule has 0 aliphatic heterocycles. The minimum Gasteiger partial charge on any atom is -0.390 e. The van der Waals surface area contributed by atoms with Crippen LogP contribution < -0.4 is 0 Å². The maximum absolute atomic E-state index is 10.9. The lowest BCUT2D eigenvalue weighted by atomic mass is 9.67. The van der Waals surface area contributed by atoms with Crippen molar-refractivity contribution < 1.29 is 5.11 Å². The van der Waals surface area contributed by atoms with Crippen molar-refractivity contribution in [3.05, 3.63) is 0 Å². The highest BCUT2D eigenvalue weighted by Gasteiger charge is 2.40. The van der Waals surface area contributed by atoms with E-state index in [1.165, 1.54) is 32.1 Å². The van der Waals surface area contributed by atoms with Crippen LogP contribution in [-0.4, -0.2) is 10.7 Å². The molecule has 0 radical (unpaired) electrons. The highest BCUT2D eigenvalue weighted by Crippen LogP contribution is 2.42. The standard InChI is InChI=1S/C15H30O/c1-5-8-13(4)11-15(16)10-7-6-9-14(15)12(2)3/h12-14,16H,5-11H2,1-4H3. The number of aliphatic hydroxyl groups is 1. The van der Waals surface area contributed by atoms with Crippen LogP contribution in [0.4, 0.5) is 0 Å². The molecule has 3 unspecified atom stereocenters. The Bertz CT molecular complexity index is 200. The van der Waals surface area contributed by atoms with Crippen molar-refractivity contribution in [1.82, 2.24) is 0 Å². The van der Waals surface area contributed by atoms with Crippen LogP contribution in [0.15, 0.2) is 0 Å². The lowest BCUT2D eigenvalue weighted by Crippen LogP contribution is -2.44. The van der Waals surface area contributed by atoms with E-state index in [0.29, 0.717) is 17.8 Å². The molecule has 0 aromatic heterocycles. The minimum absolute atomic E-state index is 0.360. The molecule has 0 saturated heterocycles. The summed E-state index contributed by atoms with van der Waals surface area (Å²) in [5.41, 5.74) is -0.360. The third kappa shape index (κ3) is 3.48. The Labute approximate surface area is 102 Å². The number of hydrogen-bond acceptors (Lipinski definition) is 1. The zero-order valence-electron chi connectivity index (χ0n) is 11.6. The Hall–Kier alpha value is -0.0400. The fraction of sp³-hybridized carbons (Fsp3) is 1.00. The lowest BCUT2D eigenvalue weighted by Gasteiger charge is -2.44. The van der Waals surface area contributed by atoms with Crippen molar-refractivity contribution in [3.8, 4) is 0 Å². The summed E-state index contributed by atoms with van der Waals surface area (Å²) in [5, 5.41) is 10.9. The summed E-state index contributed by atoms with van der Waals surface area (Å²) in [6.45, 7) is 9.08. The van der Waals surface area contributed by atoms with Gasteiger partial charge in [-0.3, -0.25) is 0 Å². The summed E-state index contributed by atoms with van der Waals surface area (Å²) >= 11 is 0. The Morgan fingerprint density at radius 1 is 1.25 bits per heavy atom. The summed E-state index contributed by atoms with van der Waals surface area (Å²) in [6.07, 6.45) is 8.31. The first-order chi connectivity index (χ1) is 7.49. The first-order valence-electron chi connectivity index (χ1n) is 7.22. The molecule has 1 N–H and O–H groups in total. The molecule has 1 aliphatic rings. The molecule has 1 aliphatic carbocycles. The quantitative estimate of drug-likeness (QED) is 0.737. The van der Waals surface area contributed by atoms with Crippen molar-refractivity contribution in [3.63, 3.8) is 0 Å². The second-order valence-electron chi connectivity index (χ2n) is 6.30. The van der Waals surface area contributed by atoms with Crippen LogP contribution in [0.5, 0.6) is 0 Å². The van der Waals surface area contributed by atoms with Gasteiger partial charge in [-0.05, 0) is 37.0 Å². The zero-order valence-corrected chi connectivity index (χ0v) is 11.6. The molecule has 1 nitrogen and oxygen atoms in total. The summed E-state index contributed by atoms with van der Waals surface area (Å²) in [7, 11) is 0. The highest BCUT2D eigenvalue weighted by atomic mass is 16.3. The maximum atomic E-state index is 10.9. The molecule has 1 saturated carbocycles. The molecule has 0 spiro atoms. The molecule has 96 valence electrons. The predicted molar refractivity (Wildman–Crippen MR) is 70.4 cm³/mol. The fourth-order valence-corrected chi connectivity index (χ4v) is 3.65. The first kappa shape index (κ1) is 14.0. The van der Waals surface area contributed by atoms with Crippen LogP contribution in [-0.2, 0) is 0 Å². The maximum Gasteiger partial charge on any atom is 0.0680 e. The molecule has 1 heteroatoms. The minimum atomic E-state index is -0.360. The average molecular weight is 226 g/mol. The lowest BCUT2D eigenvalue weighted by molar-refractivity contribution is -0.0814. The van der Waals surface area contributed by atoms with Gasteiger partial charge in [-0.1, -0.05) is 53.4 Å². The second kappa shape index (κ2) is 6.05. The van der Waals surface area contributed by atoms with Crippen LogP contribution in [0.3, 0.4) is 0 Å². The van der Waals surface area contributed by atoms with Gasteiger partial charge in [0.1, 0.15) is 0 Å². The molecule has 1 rings (SSSR count). The first-order valence-corrected chi connectivity index (χ1v) is 7.22. The predicted octanol–water partition coefficient (Wildman–Crippen LogP) is 4.39. The normalized spacial score (nSPS) is 33.0. The van der Waals surface area contributed by atoms with E-state index in [4.69, 9.17) is 0 Å². The molecule has 0 heterocycles. The van der Waals surface area contributed by atoms with Gasteiger partial charge in [0.05, 0.1) is 5.60 Å². The summed E-state index contributed by atoms with van der Waals surface area (Å²) in [4.78, 5) is 0. The molecular formula is C15H30O. The van der Waals surface area contributed by atoms with Gasteiger partial charge in [-0.15, -0.1) is 0 Å². The van der Waals surface area contributed by atoms with Crippen LogP contribution in [0.25, 0.3) is 0 Å². The molecule has 0 aromatic rings. The molecule has 0 amide bonds. The fourth-order valence-electron chi connectivity index (χ4n) is 3.65. The van der Waals surface area contributed by atoms with Crippen molar-refractivity contribution in [1.29, 1.82) is 0 Å². The van der Waals surface area contributed by atoms with Crippen molar-refractivity contribution in [2.24, 2.45) is 17.8 Å². The van der Waals surface area contributed by atoms with Crippen LogP contribution in [0.1, 0.15) is 72.6 Å². The molecule has 3 atom stereocenters. The molecular weight excluding hydrogens is 196 g/mol. The van der Waals surface area contributed by atoms with E-state index in [1.807, 2.05) is 0 Å². The summed E-state index contributed by atoms with van der Waals surface area (Å²) in [5.74, 6) is 1.83.